The Morgan fingerprint density at radius 1 is 1.12 bits per heavy atom. The lowest BCUT2D eigenvalue weighted by atomic mass is 9.97. The van der Waals surface area contributed by atoms with Crippen LogP contribution in [0.5, 0.6) is 0 Å². The Morgan fingerprint density at radius 3 is 2.53 bits per heavy atom. The van der Waals surface area contributed by atoms with Gasteiger partial charge < -0.3 is 25.8 Å². The Bertz CT molecular complexity index is 941. The number of urea groups is 1. The van der Waals surface area contributed by atoms with Crippen molar-refractivity contribution in [1.29, 1.82) is 0 Å². The highest BCUT2D eigenvalue weighted by Crippen LogP contribution is 2.29. The number of pyridine rings is 1. The maximum atomic E-state index is 12.7. The highest BCUT2D eigenvalue weighted by atomic mass is 19.4. The number of hydrogen-bond donors (Lipinski definition) is 4. The van der Waals surface area contributed by atoms with Crippen LogP contribution in [0.25, 0.3) is 0 Å². The van der Waals surface area contributed by atoms with Crippen LogP contribution in [0.4, 0.5) is 23.7 Å². The van der Waals surface area contributed by atoms with Gasteiger partial charge in [-0.15, -0.1) is 0 Å². The van der Waals surface area contributed by atoms with Crippen LogP contribution in [0.2, 0.25) is 0 Å². The average Bonchev–Trinajstić information content (AvgIpc) is 2.80. The molecule has 0 spiro atoms. The molecule has 2 heterocycles. The summed E-state index contributed by atoms with van der Waals surface area (Å²) in [5.41, 5.74) is 0.0818. The Kier molecular flexibility index (Phi) is 8.83. The van der Waals surface area contributed by atoms with E-state index in [0.717, 1.165) is 12.1 Å². The summed E-state index contributed by atoms with van der Waals surface area (Å²) in [5.74, 6) is -0.146. The van der Waals surface area contributed by atoms with Gasteiger partial charge >= 0.3 is 12.2 Å². The second-order valence-corrected chi connectivity index (χ2v) is 7.97. The molecule has 4 N–H and O–H groups in total. The molecule has 3 amide bonds. The Morgan fingerprint density at radius 2 is 1.88 bits per heavy atom. The minimum Gasteiger partial charge on any atom is -0.394 e. The number of aliphatic hydroxyl groups is 1. The topological polar surface area (TPSA) is 113 Å². The lowest BCUT2D eigenvalue weighted by Crippen LogP contribution is -2.52. The highest BCUT2D eigenvalue weighted by Gasteiger charge is 2.32. The van der Waals surface area contributed by atoms with Gasteiger partial charge in [0.05, 0.1) is 30.7 Å². The van der Waals surface area contributed by atoms with Crippen molar-refractivity contribution in [1.82, 2.24) is 15.6 Å². The number of benzene rings is 1. The average molecular weight is 480 g/mol. The lowest BCUT2D eigenvalue weighted by molar-refractivity contribution is -0.137. The van der Waals surface area contributed by atoms with E-state index in [9.17, 15) is 27.9 Å². The van der Waals surface area contributed by atoms with E-state index in [1.807, 2.05) is 6.07 Å². The molecule has 0 bridgehead atoms. The van der Waals surface area contributed by atoms with Gasteiger partial charge in [0.15, 0.2) is 0 Å². The van der Waals surface area contributed by atoms with Gasteiger partial charge in [-0.25, -0.2) is 4.79 Å². The fraction of sp³-hybridized carbons (Fsp3) is 0.435. The quantitative estimate of drug-likeness (QED) is 0.464. The van der Waals surface area contributed by atoms with Crippen LogP contribution in [0.1, 0.15) is 30.5 Å². The summed E-state index contributed by atoms with van der Waals surface area (Å²) in [6.07, 6.45) is -1.77. The molecule has 34 heavy (non-hydrogen) atoms. The number of anilines is 1. The second-order valence-electron chi connectivity index (χ2n) is 7.97. The van der Waals surface area contributed by atoms with Crippen molar-refractivity contribution in [2.24, 2.45) is 0 Å². The molecule has 1 aliphatic rings. The summed E-state index contributed by atoms with van der Waals surface area (Å²) in [6, 6.07) is 8.40. The molecule has 2 aromatic rings. The summed E-state index contributed by atoms with van der Waals surface area (Å²) in [4.78, 5) is 28.4. The molecule has 3 atom stereocenters. The summed E-state index contributed by atoms with van der Waals surface area (Å²) in [7, 11) is 0. The van der Waals surface area contributed by atoms with Gasteiger partial charge in [0.1, 0.15) is 6.10 Å². The number of carbonyl (C=O) groups excluding carboxylic acids is 2. The predicted octanol–water partition coefficient (Wildman–Crippen LogP) is 2.88. The first-order chi connectivity index (χ1) is 16.2. The molecular weight excluding hydrogens is 453 g/mol. The third-order valence-corrected chi connectivity index (χ3v) is 5.44. The second kappa shape index (κ2) is 11.8. The zero-order valence-electron chi connectivity index (χ0n) is 18.3. The fourth-order valence-electron chi connectivity index (χ4n) is 3.69. The van der Waals surface area contributed by atoms with Crippen molar-refractivity contribution in [2.45, 2.75) is 50.1 Å². The van der Waals surface area contributed by atoms with E-state index in [4.69, 9.17) is 4.74 Å². The van der Waals surface area contributed by atoms with E-state index in [-0.39, 0.29) is 30.7 Å². The molecule has 1 fully saturated rings. The zero-order valence-corrected chi connectivity index (χ0v) is 18.3. The Labute approximate surface area is 194 Å². The molecular formula is C23H27F3N4O4. The van der Waals surface area contributed by atoms with Gasteiger partial charge in [-0.05, 0) is 55.7 Å². The van der Waals surface area contributed by atoms with Gasteiger partial charge in [-0.1, -0.05) is 6.07 Å². The van der Waals surface area contributed by atoms with Crippen LogP contribution in [-0.2, 0) is 22.1 Å². The monoisotopic (exact) mass is 480 g/mol. The van der Waals surface area contributed by atoms with Crippen molar-refractivity contribution in [3.8, 4) is 0 Å². The van der Waals surface area contributed by atoms with Crippen molar-refractivity contribution < 1.29 is 32.6 Å². The summed E-state index contributed by atoms with van der Waals surface area (Å²) >= 11 is 0. The smallest absolute Gasteiger partial charge is 0.394 e. The van der Waals surface area contributed by atoms with Crippen molar-refractivity contribution >= 4 is 17.6 Å². The standard InChI is InChI=1S/C23H27F3N4O4/c24-23(25,26)15-4-6-16(7-5-15)29-22(33)30-19-9-8-18(34-20(19)14-31)10-12-28-21(32)13-17-3-1-2-11-27-17/h1-7,11,18-20,31H,8-10,12-14H2,(H,28,32)(H2,29,30,33)/t18-,19+,20+/m1/s1. The molecule has 3 rings (SSSR count). The molecule has 0 aliphatic carbocycles. The summed E-state index contributed by atoms with van der Waals surface area (Å²) in [5, 5.41) is 17.7. The predicted molar refractivity (Wildman–Crippen MR) is 118 cm³/mol. The third kappa shape index (κ3) is 7.70. The summed E-state index contributed by atoms with van der Waals surface area (Å²) < 4.78 is 43.8. The van der Waals surface area contributed by atoms with E-state index < -0.39 is 29.9 Å². The zero-order chi connectivity index (χ0) is 24.6. The molecule has 1 aliphatic heterocycles. The van der Waals surface area contributed by atoms with E-state index in [0.29, 0.717) is 31.5 Å². The van der Waals surface area contributed by atoms with Crippen molar-refractivity contribution in [2.75, 3.05) is 18.5 Å². The molecule has 0 radical (unpaired) electrons. The molecule has 184 valence electrons. The number of nitrogens with one attached hydrogen (secondary N) is 3. The van der Waals surface area contributed by atoms with Crippen LogP contribution < -0.4 is 16.0 Å². The minimum atomic E-state index is -4.45. The fourth-order valence-corrected chi connectivity index (χ4v) is 3.69. The van der Waals surface area contributed by atoms with E-state index in [1.165, 1.54) is 12.1 Å². The first-order valence-electron chi connectivity index (χ1n) is 10.9. The number of nitrogens with zero attached hydrogens (tertiary/aromatic N) is 1. The largest absolute Gasteiger partial charge is 0.416 e. The Hall–Kier alpha value is -3.18. The number of aromatic nitrogens is 1. The van der Waals surface area contributed by atoms with Gasteiger partial charge in [0.25, 0.3) is 0 Å². The first kappa shape index (κ1) is 25.4. The van der Waals surface area contributed by atoms with Gasteiger partial charge in [-0.3, -0.25) is 9.78 Å². The first-order valence-corrected chi connectivity index (χ1v) is 10.9. The number of halogens is 3. The third-order valence-electron chi connectivity index (χ3n) is 5.44. The van der Waals surface area contributed by atoms with Crippen LogP contribution in [0, 0.1) is 0 Å². The number of carbonyl (C=O) groups is 2. The molecule has 0 saturated carbocycles. The number of hydrogen-bond acceptors (Lipinski definition) is 5. The van der Waals surface area contributed by atoms with E-state index in [1.54, 1.807) is 18.3 Å². The number of aliphatic hydroxyl groups excluding tert-OH is 1. The van der Waals surface area contributed by atoms with Gasteiger partial charge in [0, 0.05) is 24.1 Å². The number of rotatable bonds is 8. The molecule has 11 heteroatoms. The van der Waals surface area contributed by atoms with Crippen LogP contribution in [0.3, 0.4) is 0 Å². The van der Waals surface area contributed by atoms with Crippen LogP contribution in [-0.4, -0.2) is 53.4 Å². The highest BCUT2D eigenvalue weighted by molar-refractivity contribution is 5.89. The normalized spacial score (nSPS) is 20.4. The van der Waals surface area contributed by atoms with E-state index in [2.05, 4.69) is 20.9 Å². The lowest BCUT2D eigenvalue weighted by Gasteiger charge is -2.36. The molecule has 1 aromatic heterocycles. The maximum absolute atomic E-state index is 12.7. The number of alkyl halides is 3. The van der Waals surface area contributed by atoms with E-state index >= 15 is 0 Å². The number of ether oxygens (including phenoxy) is 1. The SMILES string of the molecule is O=C(Cc1ccccn1)NCC[C@H]1CC[C@H](NC(=O)Nc2ccc(C(F)(F)F)cc2)[C@H](CO)O1. The molecule has 1 aromatic carbocycles. The number of amides is 3. The summed E-state index contributed by atoms with van der Waals surface area (Å²) in [6.45, 7) is 0.0920. The van der Waals surface area contributed by atoms with Crippen LogP contribution >= 0.6 is 0 Å². The van der Waals surface area contributed by atoms with Crippen LogP contribution in [0.15, 0.2) is 48.7 Å². The molecule has 8 nitrogen and oxygen atoms in total. The molecule has 0 unspecified atom stereocenters. The van der Waals surface area contributed by atoms with Crippen molar-refractivity contribution in [3.05, 3.63) is 59.9 Å². The van der Waals surface area contributed by atoms with Crippen molar-refractivity contribution in [3.63, 3.8) is 0 Å². The maximum Gasteiger partial charge on any atom is 0.416 e. The Balaban J connectivity index is 1.40. The molecule has 1 saturated heterocycles. The minimum absolute atomic E-state index is 0.146. The van der Waals surface area contributed by atoms with Gasteiger partial charge in [0.2, 0.25) is 5.91 Å². The van der Waals surface area contributed by atoms with Gasteiger partial charge in [-0.2, -0.15) is 13.2 Å².